The van der Waals surface area contributed by atoms with Crippen LogP contribution in [0, 0.1) is 29.6 Å². The van der Waals surface area contributed by atoms with Crippen molar-refractivity contribution in [1.82, 2.24) is 25.0 Å². The average molecular weight is 569 g/mol. The second-order valence-electron chi connectivity index (χ2n) is 11.3. The maximum absolute atomic E-state index is 13.9. The van der Waals surface area contributed by atoms with Crippen LogP contribution in [0.25, 0.3) is 10.9 Å². The molecular weight excluding hydrogens is 541 g/mol. The second-order valence-corrected chi connectivity index (χ2v) is 11.7. The lowest BCUT2D eigenvalue weighted by Gasteiger charge is -2.23. The maximum atomic E-state index is 13.9. The molecule has 208 valence electrons. The number of hydrogen-bond acceptors (Lipinski definition) is 7. The zero-order valence-corrected chi connectivity index (χ0v) is 23.2. The molecule has 0 bridgehead atoms. The van der Waals surface area contributed by atoms with Crippen molar-refractivity contribution in [2.45, 2.75) is 58.5 Å². The summed E-state index contributed by atoms with van der Waals surface area (Å²) in [7, 11) is 0. The summed E-state index contributed by atoms with van der Waals surface area (Å²) in [5.74, 6) is -0.642. The molecule has 12 heteroatoms. The number of nitrogens with zero attached hydrogens (tertiary/aromatic N) is 6. The highest BCUT2D eigenvalue weighted by molar-refractivity contribution is 6.35. The first-order valence-corrected chi connectivity index (χ1v) is 13.2. The third-order valence-electron chi connectivity index (χ3n) is 6.99. The Morgan fingerprint density at radius 1 is 1.23 bits per heavy atom. The number of nitriles is 1. The SMILES string of the molecule is Cc1nc(F)ccc1[C@@H](Nc1cc(Cl)c2ncc(C#N)c(NCC(C)(C)C)c2c1)c1cn(C2(C(F)F)CC2)nn1. The van der Waals surface area contributed by atoms with Gasteiger partial charge in [0.1, 0.15) is 17.3 Å². The first-order valence-electron chi connectivity index (χ1n) is 12.8. The van der Waals surface area contributed by atoms with Crippen molar-refractivity contribution in [2.24, 2.45) is 5.41 Å². The van der Waals surface area contributed by atoms with Gasteiger partial charge in [-0.3, -0.25) is 4.98 Å². The molecule has 0 saturated heterocycles. The van der Waals surface area contributed by atoms with Crippen molar-refractivity contribution >= 4 is 33.9 Å². The molecule has 3 heterocycles. The Kier molecular flexibility index (Phi) is 7.08. The van der Waals surface area contributed by atoms with Gasteiger partial charge in [0.05, 0.1) is 34.0 Å². The summed E-state index contributed by atoms with van der Waals surface area (Å²) in [5.41, 5.74) is 1.94. The lowest BCUT2D eigenvalue weighted by Crippen LogP contribution is -2.26. The number of alkyl halides is 2. The molecule has 1 aromatic carbocycles. The van der Waals surface area contributed by atoms with Crippen molar-refractivity contribution in [2.75, 3.05) is 17.2 Å². The van der Waals surface area contributed by atoms with E-state index < -0.39 is 24.0 Å². The van der Waals surface area contributed by atoms with Crippen molar-refractivity contribution in [1.29, 1.82) is 5.26 Å². The Labute approximate surface area is 234 Å². The summed E-state index contributed by atoms with van der Waals surface area (Å²) in [5, 5.41) is 25.7. The first-order chi connectivity index (χ1) is 18.9. The summed E-state index contributed by atoms with van der Waals surface area (Å²) >= 11 is 6.66. The van der Waals surface area contributed by atoms with Crippen LogP contribution in [0.3, 0.4) is 0 Å². The molecule has 0 aliphatic heterocycles. The van der Waals surface area contributed by atoms with Crippen molar-refractivity contribution in [3.05, 3.63) is 70.1 Å². The molecule has 1 aliphatic rings. The number of pyridine rings is 2. The molecule has 3 aromatic heterocycles. The van der Waals surface area contributed by atoms with Crippen LogP contribution in [0.2, 0.25) is 5.02 Å². The van der Waals surface area contributed by atoms with E-state index in [0.717, 1.165) is 0 Å². The fourth-order valence-corrected chi connectivity index (χ4v) is 4.87. The van der Waals surface area contributed by atoms with Gasteiger partial charge < -0.3 is 10.6 Å². The highest BCUT2D eigenvalue weighted by Crippen LogP contribution is 2.48. The van der Waals surface area contributed by atoms with Crippen LogP contribution < -0.4 is 10.6 Å². The number of hydrogen-bond donors (Lipinski definition) is 2. The molecule has 1 aliphatic carbocycles. The molecule has 40 heavy (non-hydrogen) atoms. The van der Waals surface area contributed by atoms with Gasteiger partial charge in [-0.05, 0) is 43.4 Å². The number of fused-ring (bicyclic) bond motifs is 1. The average Bonchev–Trinajstić information content (AvgIpc) is 3.56. The fourth-order valence-electron chi connectivity index (χ4n) is 4.60. The van der Waals surface area contributed by atoms with E-state index in [-0.39, 0.29) is 5.41 Å². The normalized spacial score (nSPS) is 15.2. The van der Waals surface area contributed by atoms with E-state index in [1.54, 1.807) is 19.1 Å². The molecule has 2 N–H and O–H groups in total. The van der Waals surface area contributed by atoms with Crippen molar-refractivity contribution < 1.29 is 13.2 Å². The number of benzene rings is 1. The van der Waals surface area contributed by atoms with E-state index in [0.29, 0.717) is 69.2 Å². The molecule has 0 unspecified atom stereocenters. The monoisotopic (exact) mass is 568 g/mol. The number of aryl methyl sites for hydroxylation is 1. The number of aromatic nitrogens is 5. The Balaban J connectivity index is 1.60. The molecule has 1 saturated carbocycles. The number of halogens is 4. The fraction of sp³-hybridized carbons (Fsp3) is 0.393. The number of anilines is 2. The van der Waals surface area contributed by atoms with E-state index in [9.17, 15) is 18.4 Å². The van der Waals surface area contributed by atoms with E-state index >= 15 is 0 Å². The van der Waals surface area contributed by atoms with Gasteiger partial charge in [0.2, 0.25) is 5.95 Å². The quantitative estimate of drug-likeness (QED) is 0.230. The Bertz CT molecular complexity index is 1620. The minimum Gasteiger partial charge on any atom is -0.383 e. The van der Waals surface area contributed by atoms with Gasteiger partial charge in [0.25, 0.3) is 6.43 Å². The van der Waals surface area contributed by atoms with E-state index in [4.69, 9.17) is 11.6 Å². The molecule has 1 fully saturated rings. The van der Waals surface area contributed by atoms with Crippen LogP contribution in [-0.2, 0) is 5.54 Å². The smallest absolute Gasteiger partial charge is 0.263 e. The highest BCUT2D eigenvalue weighted by Gasteiger charge is 2.54. The lowest BCUT2D eigenvalue weighted by molar-refractivity contribution is 0.0593. The van der Waals surface area contributed by atoms with Gasteiger partial charge in [0, 0.05) is 35.1 Å². The zero-order valence-electron chi connectivity index (χ0n) is 22.4. The Hall–Kier alpha value is -3.91. The van der Waals surface area contributed by atoms with Gasteiger partial charge in [-0.1, -0.05) is 43.7 Å². The minimum atomic E-state index is -2.58. The van der Waals surface area contributed by atoms with Crippen molar-refractivity contribution in [3.8, 4) is 6.07 Å². The molecule has 0 spiro atoms. The van der Waals surface area contributed by atoms with E-state index in [2.05, 4.69) is 57.8 Å². The standard InChI is InChI=1S/C28H28ClF3N8/c1-15-18(5-6-22(30)36-15)25(21-13-40(39-38-21)28(7-8-28)26(31)32)37-17-9-19-23(35-14-27(2,3)4)16(11-33)12-34-24(19)20(29)10-17/h5-6,9-10,12-13,25-26,37H,7-8,14H2,1-4H3,(H,34,35)/t25-/m1/s1. The number of nitrogens with one attached hydrogen (secondary N) is 2. The molecular formula is C28H28ClF3N8. The summed E-state index contributed by atoms with van der Waals surface area (Å²) in [6.45, 7) is 8.47. The van der Waals surface area contributed by atoms with Gasteiger partial charge in [0.15, 0.2) is 0 Å². The molecule has 5 rings (SSSR count). The zero-order chi connectivity index (χ0) is 28.8. The minimum absolute atomic E-state index is 0.0663. The highest BCUT2D eigenvalue weighted by atomic mass is 35.5. The number of rotatable bonds is 8. The molecule has 0 amide bonds. The van der Waals surface area contributed by atoms with Crippen LogP contribution in [0.1, 0.15) is 62.2 Å². The van der Waals surface area contributed by atoms with E-state index in [1.165, 1.54) is 23.1 Å². The largest absolute Gasteiger partial charge is 0.383 e. The van der Waals surface area contributed by atoms with Gasteiger partial charge in [-0.25, -0.2) is 18.4 Å². The third-order valence-corrected chi connectivity index (χ3v) is 7.28. The summed E-state index contributed by atoms with van der Waals surface area (Å²) in [6.07, 6.45) is 1.01. The van der Waals surface area contributed by atoms with Crippen LogP contribution in [0.15, 0.2) is 36.7 Å². The molecule has 4 aromatic rings. The van der Waals surface area contributed by atoms with Gasteiger partial charge >= 0.3 is 0 Å². The predicted octanol–water partition coefficient (Wildman–Crippen LogP) is 6.61. The van der Waals surface area contributed by atoms with Crippen LogP contribution in [-0.4, -0.2) is 37.9 Å². The second kappa shape index (κ2) is 10.2. The molecule has 1 atom stereocenters. The van der Waals surface area contributed by atoms with E-state index in [1.807, 2.05) is 6.07 Å². The summed E-state index contributed by atoms with van der Waals surface area (Å²) < 4.78 is 42.7. The summed E-state index contributed by atoms with van der Waals surface area (Å²) in [6, 6.07) is 7.76. The topological polar surface area (TPSA) is 104 Å². The van der Waals surface area contributed by atoms with Gasteiger partial charge in [-0.15, -0.1) is 5.10 Å². The first kappa shape index (κ1) is 27.6. The Morgan fingerprint density at radius 2 is 1.98 bits per heavy atom. The lowest BCUT2D eigenvalue weighted by atomic mass is 9.96. The maximum Gasteiger partial charge on any atom is 0.263 e. The van der Waals surface area contributed by atoms with Crippen LogP contribution >= 0.6 is 11.6 Å². The molecule has 0 radical (unpaired) electrons. The predicted molar refractivity (Wildman–Crippen MR) is 147 cm³/mol. The Morgan fingerprint density at radius 3 is 2.60 bits per heavy atom. The molecule has 8 nitrogen and oxygen atoms in total. The van der Waals surface area contributed by atoms with Crippen LogP contribution in [0.4, 0.5) is 24.5 Å². The summed E-state index contributed by atoms with van der Waals surface area (Å²) in [4.78, 5) is 8.35. The van der Waals surface area contributed by atoms with Crippen LogP contribution in [0.5, 0.6) is 0 Å². The van der Waals surface area contributed by atoms with Crippen molar-refractivity contribution in [3.63, 3.8) is 0 Å². The third kappa shape index (κ3) is 5.28. The van der Waals surface area contributed by atoms with Gasteiger partial charge in [-0.2, -0.15) is 9.65 Å².